The Bertz CT molecular complexity index is 373. The Morgan fingerprint density at radius 1 is 1.32 bits per heavy atom. The highest BCUT2D eigenvalue weighted by Crippen LogP contribution is 2.27. The average molecular weight is 263 g/mol. The third-order valence-corrected chi connectivity index (χ3v) is 3.86. The smallest absolute Gasteiger partial charge is 0.119 e. The topological polar surface area (TPSA) is 32.7 Å². The predicted octanol–water partition coefficient (Wildman–Crippen LogP) is 2.85. The monoisotopic (exact) mass is 263 g/mol. The minimum Gasteiger partial charge on any atom is -0.494 e. The predicted molar refractivity (Wildman–Crippen MR) is 77.4 cm³/mol. The van der Waals surface area contributed by atoms with E-state index >= 15 is 0 Å². The first-order valence-electron chi connectivity index (χ1n) is 7.28. The molecule has 2 rings (SSSR count). The van der Waals surface area contributed by atoms with E-state index in [4.69, 9.17) is 4.74 Å². The van der Waals surface area contributed by atoms with E-state index in [0.29, 0.717) is 13.2 Å². The summed E-state index contributed by atoms with van der Waals surface area (Å²) in [5, 5.41) is 10.2. The molecule has 1 aliphatic carbocycles. The second kappa shape index (κ2) is 6.92. The van der Waals surface area contributed by atoms with Gasteiger partial charge in [-0.05, 0) is 50.4 Å². The maximum atomic E-state index is 10.2. The van der Waals surface area contributed by atoms with Gasteiger partial charge < -0.3 is 14.7 Å². The normalized spacial score (nSPS) is 17.3. The van der Waals surface area contributed by atoms with Crippen LogP contribution in [0.15, 0.2) is 24.3 Å². The number of rotatable bonds is 7. The van der Waals surface area contributed by atoms with E-state index in [9.17, 15) is 5.11 Å². The summed E-state index contributed by atoms with van der Waals surface area (Å²) in [7, 11) is 2.09. The molecule has 0 amide bonds. The minimum atomic E-state index is -0.416. The molecule has 0 aliphatic heterocycles. The number of nitrogens with zero attached hydrogens (tertiary/aromatic N) is 1. The van der Waals surface area contributed by atoms with Gasteiger partial charge in [0.1, 0.15) is 5.75 Å². The summed E-state index contributed by atoms with van der Waals surface area (Å²) in [6.07, 6.45) is 3.66. The molecule has 0 radical (unpaired) electrons. The molecule has 3 heteroatoms. The number of benzene rings is 1. The van der Waals surface area contributed by atoms with Gasteiger partial charge in [0, 0.05) is 13.1 Å². The van der Waals surface area contributed by atoms with Crippen LogP contribution in [0.1, 0.15) is 37.9 Å². The Labute approximate surface area is 116 Å². The van der Waals surface area contributed by atoms with E-state index < -0.39 is 6.10 Å². The molecule has 0 heterocycles. The van der Waals surface area contributed by atoms with Crippen molar-refractivity contribution in [3.8, 4) is 5.75 Å². The molecule has 1 aromatic rings. The van der Waals surface area contributed by atoms with Gasteiger partial charge in [-0.2, -0.15) is 0 Å². The van der Waals surface area contributed by atoms with Crippen molar-refractivity contribution in [2.75, 3.05) is 26.7 Å². The molecule has 0 spiro atoms. The molecule has 1 N–H and O–H groups in total. The molecule has 19 heavy (non-hydrogen) atoms. The van der Waals surface area contributed by atoms with Crippen LogP contribution >= 0.6 is 0 Å². The molecule has 0 bridgehead atoms. The van der Waals surface area contributed by atoms with Crippen LogP contribution in [0.5, 0.6) is 5.75 Å². The third kappa shape index (κ3) is 4.22. The number of hydrogen-bond donors (Lipinski definition) is 1. The Morgan fingerprint density at radius 2 is 2.00 bits per heavy atom. The maximum absolute atomic E-state index is 10.2. The average Bonchev–Trinajstić information content (AvgIpc) is 2.35. The van der Waals surface area contributed by atoms with Crippen molar-refractivity contribution in [1.29, 1.82) is 0 Å². The van der Waals surface area contributed by atoms with E-state index in [0.717, 1.165) is 23.8 Å². The van der Waals surface area contributed by atoms with Gasteiger partial charge in [-0.1, -0.05) is 18.6 Å². The molecular formula is C16H25NO2. The Balaban J connectivity index is 1.82. The van der Waals surface area contributed by atoms with Gasteiger partial charge in [0.2, 0.25) is 0 Å². The summed E-state index contributed by atoms with van der Waals surface area (Å²) < 4.78 is 5.40. The Hall–Kier alpha value is -1.06. The zero-order valence-electron chi connectivity index (χ0n) is 12.0. The van der Waals surface area contributed by atoms with Crippen molar-refractivity contribution in [2.45, 2.75) is 32.3 Å². The number of aliphatic hydroxyl groups excluding tert-OH is 1. The fourth-order valence-electron chi connectivity index (χ4n) is 2.54. The van der Waals surface area contributed by atoms with Crippen molar-refractivity contribution in [1.82, 2.24) is 4.90 Å². The molecule has 1 fully saturated rings. The van der Waals surface area contributed by atoms with Crippen LogP contribution in [-0.2, 0) is 0 Å². The standard InChI is InChI=1S/C16H25NO2/c1-3-19-15-9-7-14(8-10-15)16(18)12-17(2)11-13-5-4-6-13/h7-10,13,16,18H,3-6,11-12H2,1-2H3. The first-order valence-corrected chi connectivity index (χ1v) is 7.28. The van der Waals surface area contributed by atoms with Crippen LogP contribution in [0.2, 0.25) is 0 Å². The lowest BCUT2D eigenvalue weighted by molar-refractivity contribution is 0.107. The van der Waals surface area contributed by atoms with Crippen LogP contribution in [0.4, 0.5) is 0 Å². The van der Waals surface area contributed by atoms with Gasteiger partial charge in [-0.15, -0.1) is 0 Å². The maximum Gasteiger partial charge on any atom is 0.119 e. The highest BCUT2D eigenvalue weighted by molar-refractivity contribution is 5.28. The third-order valence-electron chi connectivity index (χ3n) is 3.86. The number of aliphatic hydroxyl groups is 1. The summed E-state index contributed by atoms with van der Waals surface area (Å²) in [6.45, 7) is 4.45. The second-order valence-corrected chi connectivity index (χ2v) is 5.54. The highest BCUT2D eigenvalue weighted by atomic mass is 16.5. The quantitative estimate of drug-likeness (QED) is 0.821. The molecule has 0 aromatic heterocycles. The zero-order chi connectivity index (χ0) is 13.7. The van der Waals surface area contributed by atoms with Gasteiger partial charge in [-0.3, -0.25) is 0 Å². The Kier molecular flexibility index (Phi) is 5.23. The van der Waals surface area contributed by atoms with Gasteiger partial charge in [0.15, 0.2) is 0 Å². The van der Waals surface area contributed by atoms with Crippen molar-refractivity contribution >= 4 is 0 Å². The van der Waals surface area contributed by atoms with Gasteiger partial charge in [0.25, 0.3) is 0 Å². The van der Waals surface area contributed by atoms with Gasteiger partial charge >= 0.3 is 0 Å². The van der Waals surface area contributed by atoms with Crippen LogP contribution < -0.4 is 4.74 Å². The molecule has 0 saturated heterocycles. The van der Waals surface area contributed by atoms with Crippen molar-refractivity contribution in [3.05, 3.63) is 29.8 Å². The molecule has 1 saturated carbocycles. The second-order valence-electron chi connectivity index (χ2n) is 5.54. The summed E-state index contributed by atoms with van der Waals surface area (Å²) >= 11 is 0. The largest absolute Gasteiger partial charge is 0.494 e. The van der Waals surface area contributed by atoms with Crippen molar-refractivity contribution in [2.24, 2.45) is 5.92 Å². The summed E-state index contributed by atoms with van der Waals surface area (Å²) in [6, 6.07) is 7.75. The fourth-order valence-corrected chi connectivity index (χ4v) is 2.54. The summed E-state index contributed by atoms with van der Waals surface area (Å²) in [5.41, 5.74) is 0.962. The first kappa shape index (κ1) is 14.4. The van der Waals surface area contributed by atoms with Crippen LogP contribution in [0.25, 0.3) is 0 Å². The van der Waals surface area contributed by atoms with Crippen LogP contribution in [0, 0.1) is 5.92 Å². The molecule has 106 valence electrons. The molecule has 1 atom stereocenters. The van der Waals surface area contributed by atoms with Gasteiger partial charge in [-0.25, -0.2) is 0 Å². The van der Waals surface area contributed by atoms with Crippen molar-refractivity contribution < 1.29 is 9.84 Å². The van der Waals surface area contributed by atoms with Gasteiger partial charge in [0.05, 0.1) is 12.7 Å². The Morgan fingerprint density at radius 3 is 2.53 bits per heavy atom. The lowest BCUT2D eigenvalue weighted by atomic mass is 9.85. The highest BCUT2D eigenvalue weighted by Gasteiger charge is 2.20. The summed E-state index contributed by atoms with van der Waals surface area (Å²) in [4.78, 5) is 2.24. The molecule has 3 nitrogen and oxygen atoms in total. The minimum absolute atomic E-state index is 0.416. The van der Waals surface area contributed by atoms with Crippen LogP contribution in [-0.4, -0.2) is 36.8 Å². The lowest BCUT2D eigenvalue weighted by Gasteiger charge is -2.31. The number of ether oxygens (including phenoxy) is 1. The van der Waals surface area contributed by atoms with E-state index in [1.165, 1.54) is 19.3 Å². The van der Waals surface area contributed by atoms with Crippen molar-refractivity contribution in [3.63, 3.8) is 0 Å². The molecular weight excluding hydrogens is 238 g/mol. The number of hydrogen-bond acceptors (Lipinski definition) is 3. The van der Waals surface area contributed by atoms with E-state index in [2.05, 4.69) is 11.9 Å². The fraction of sp³-hybridized carbons (Fsp3) is 0.625. The molecule has 1 aliphatic rings. The first-order chi connectivity index (χ1) is 9.19. The molecule has 1 unspecified atom stereocenters. The summed E-state index contributed by atoms with van der Waals surface area (Å²) in [5.74, 6) is 1.71. The molecule has 1 aromatic carbocycles. The zero-order valence-corrected chi connectivity index (χ0v) is 12.0. The SMILES string of the molecule is CCOc1ccc(C(O)CN(C)CC2CCC2)cc1. The van der Waals surface area contributed by atoms with E-state index in [1.807, 2.05) is 31.2 Å². The van der Waals surface area contributed by atoms with E-state index in [-0.39, 0.29) is 0 Å². The number of likely N-dealkylation sites (N-methyl/N-ethyl adjacent to an activating group) is 1. The lowest BCUT2D eigenvalue weighted by Crippen LogP contribution is -2.32. The van der Waals surface area contributed by atoms with E-state index in [1.54, 1.807) is 0 Å². The van der Waals surface area contributed by atoms with Crippen LogP contribution in [0.3, 0.4) is 0 Å².